The van der Waals surface area contributed by atoms with Crippen molar-refractivity contribution in [3.8, 4) is 0 Å². The van der Waals surface area contributed by atoms with Gasteiger partial charge >= 0.3 is 6.03 Å². The molecule has 2 amide bonds. The zero-order valence-corrected chi connectivity index (χ0v) is 17.6. The summed E-state index contributed by atoms with van der Waals surface area (Å²) in [6.45, 7) is 11.1. The molecule has 0 bridgehead atoms. The maximum atomic E-state index is 12.7. The number of rotatable bonds is 3. The Kier molecular flexibility index (Phi) is 5.56. The number of carbonyl (C=O) groups is 1. The molecule has 2 fully saturated rings. The van der Waals surface area contributed by atoms with Gasteiger partial charge in [0.05, 0.1) is 0 Å². The van der Waals surface area contributed by atoms with Gasteiger partial charge < -0.3 is 20.0 Å². The molecule has 154 valence electrons. The van der Waals surface area contributed by atoms with E-state index in [1.54, 1.807) is 0 Å². The van der Waals surface area contributed by atoms with Crippen LogP contribution in [0.2, 0.25) is 0 Å². The summed E-state index contributed by atoms with van der Waals surface area (Å²) in [4.78, 5) is 28.5. The van der Waals surface area contributed by atoms with Gasteiger partial charge in [-0.05, 0) is 56.9 Å². The highest BCUT2D eigenvalue weighted by atomic mass is 16.2. The minimum absolute atomic E-state index is 0.0375. The van der Waals surface area contributed by atoms with Crippen LogP contribution in [0.3, 0.4) is 0 Å². The van der Waals surface area contributed by atoms with E-state index in [0.717, 1.165) is 49.3 Å². The first-order chi connectivity index (χ1) is 14.0. The van der Waals surface area contributed by atoms with Crippen molar-refractivity contribution >= 4 is 23.5 Å². The molecule has 2 aliphatic rings. The van der Waals surface area contributed by atoms with Gasteiger partial charge in [0.15, 0.2) is 0 Å². The Morgan fingerprint density at radius 3 is 2.28 bits per heavy atom. The lowest BCUT2D eigenvalue weighted by Crippen LogP contribution is -2.50. The Labute approximate surface area is 172 Å². The average Bonchev–Trinajstić information content (AvgIpc) is 3.25. The first kappa shape index (κ1) is 19.5. The van der Waals surface area contributed by atoms with Gasteiger partial charge in [-0.25, -0.2) is 9.78 Å². The third kappa shape index (κ3) is 4.44. The summed E-state index contributed by atoms with van der Waals surface area (Å²) < 4.78 is 0. The highest BCUT2D eigenvalue weighted by Gasteiger charge is 2.24. The van der Waals surface area contributed by atoms with Crippen LogP contribution in [0.25, 0.3) is 0 Å². The Morgan fingerprint density at radius 2 is 1.59 bits per heavy atom. The van der Waals surface area contributed by atoms with E-state index in [0.29, 0.717) is 13.1 Å². The van der Waals surface area contributed by atoms with Crippen LogP contribution in [0.1, 0.15) is 29.7 Å². The van der Waals surface area contributed by atoms with Gasteiger partial charge in [0.25, 0.3) is 0 Å². The number of aryl methyl sites for hydroxylation is 3. The summed E-state index contributed by atoms with van der Waals surface area (Å²) in [5, 5.41) is 3.03. The van der Waals surface area contributed by atoms with Gasteiger partial charge in [0, 0.05) is 56.7 Å². The van der Waals surface area contributed by atoms with Crippen LogP contribution in [0.15, 0.2) is 24.3 Å². The quantitative estimate of drug-likeness (QED) is 0.865. The molecule has 0 radical (unpaired) electrons. The lowest BCUT2D eigenvalue weighted by Gasteiger charge is -2.35. The Balaban J connectivity index is 1.37. The lowest BCUT2D eigenvalue weighted by molar-refractivity contribution is 0.208. The third-order valence-corrected chi connectivity index (χ3v) is 5.87. The molecule has 0 aliphatic carbocycles. The van der Waals surface area contributed by atoms with Gasteiger partial charge in [-0.1, -0.05) is 6.07 Å². The van der Waals surface area contributed by atoms with Crippen molar-refractivity contribution in [2.45, 2.75) is 33.6 Å². The minimum atomic E-state index is -0.0375. The minimum Gasteiger partial charge on any atom is -0.353 e. The molecular formula is C22H30N6O. The van der Waals surface area contributed by atoms with Crippen molar-refractivity contribution in [3.63, 3.8) is 0 Å². The van der Waals surface area contributed by atoms with Crippen molar-refractivity contribution in [2.24, 2.45) is 0 Å². The molecule has 0 saturated carbocycles. The van der Waals surface area contributed by atoms with Crippen molar-refractivity contribution in [1.29, 1.82) is 0 Å². The molecular weight excluding hydrogens is 364 g/mol. The number of amides is 2. The molecule has 3 heterocycles. The molecule has 2 aliphatic heterocycles. The van der Waals surface area contributed by atoms with E-state index in [2.05, 4.69) is 33.9 Å². The molecule has 7 heteroatoms. The zero-order chi connectivity index (χ0) is 20.4. The third-order valence-electron chi connectivity index (χ3n) is 5.87. The maximum absolute atomic E-state index is 12.7. The number of aromatic nitrogens is 2. The second-order valence-electron chi connectivity index (χ2n) is 8.06. The summed E-state index contributed by atoms with van der Waals surface area (Å²) in [6.07, 6.45) is 2.42. The molecule has 4 rings (SSSR count). The Hall–Kier alpha value is -2.83. The number of anilines is 3. The number of carbonyl (C=O) groups excluding carboxylic acids is 1. The highest BCUT2D eigenvalue weighted by Crippen LogP contribution is 2.22. The fourth-order valence-corrected chi connectivity index (χ4v) is 3.92. The monoisotopic (exact) mass is 394 g/mol. The molecule has 29 heavy (non-hydrogen) atoms. The van der Waals surface area contributed by atoms with Gasteiger partial charge in [-0.3, -0.25) is 0 Å². The number of hydrogen-bond acceptors (Lipinski definition) is 5. The highest BCUT2D eigenvalue weighted by molar-refractivity contribution is 5.89. The number of piperazine rings is 1. The van der Waals surface area contributed by atoms with Crippen molar-refractivity contribution in [1.82, 2.24) is 14.9 Å². The van der Waals surface area contributed by atoms with Crippen LogP contribution in [0.5, 0.6) is 0 Å². The van der Waals surface area contributed by atoms with Crippen LogP contribution < -0.4 is 15.1 Å². The lowest BCUT2D eigenvalue weighted by atomic mass is 10.1. The van der Waals surface area contributed by atoms with E-state index in [4.69, 9.17) is 4.98 Å². The Morgan fingerprint density at radius 1 is 0.862 bits per heavy atom. The molecule has 7 nitrogen and oxygen atoms in total. The average molecular weight is 395 g/mol. The van der Waals surface area contributed by atoms with Crippen LogP contribution in [-0.2, 0) is 0 Å². The van der Waals surface area contributed by atoms with Gasteiger partial charge in [0.2, 0.25) is 5.95 Å². The first-order valence-corrected chi connectivity index (χ1v) is 10.5. The second-order valence-corrected chi connectivity index (χ2v) is 8.06. The van der Waals surface area contributed by atoms with Gasteiger partial charge in [0.1, 0.15) is 5.82 Å². The molecule has 1 aromatic carbocycles. The van der Waals surface area contributed by atoms with Crippen molar-refractivity contribution < 1.29 is 4.79 Å². The molecule has 2 aromatic rings. The van der Waals surface area contributed by atoms with E-state index in [1.165, 1.54) is 24.0 Å². The largest absolute Gasteiger partial charge is 0.353 e. The van der Waals surface area contributed by atoms with Crippen LogP contribution >= 0.6 is 0 Å². The zero-order valence-electron chi connectivity index (χ0n) is 17.6. The summed E-state index contributed by atoms with van der Waals surface area (Å²) in [7, 11) is 0. The number of hydrogen-bond donors (Lipinski definition) is 1. The fourth-order valence-electron chi connectivity index (χ4n) is 3.92. The van der Waals surface area contributed by atoms with E-state index in [1.807, 2.05) is 36.1 Å². The molecule has 1 N–H and O–H groups in total. The first-order valence-electron chi connectivity index (χ1n) is 10.5. The maximum Gasteiger partial charge on any atom is 0.321 e. The van der Waals surface area contributed by atoms with Crippen LogP contribution in [0, 0.1) is 20.8 Å². The predicted molar refractivity (Wildman–Crippen MR) is 117 cm³/mol. The number of urea groups is 1. The molecule has 1 aromatic heterocycles. The summed E-state index contributed by atoms with van der Waals surface area (Å²) in [6, 6.07) is 8.03. The van der Waals surface area contributed by atoms with E-state index < -0.39 is 0 Å². The normalized spacial score (nSPS) is 17.0. The predicted octanol–water partition coefficient (Wildman–Crippen LogP) is 3.36. The molecule has 0 atom stereocenters. The van der Waals surface area contributed by atoms with Gasteiger partial charge in [-0.2, -0.15) is 4.98 Å². The fraction of sp³-hybridized carbons (Fsp3) is 0.500. The summed E-state index contributed by atoms with van der Waals surface area (Å²) in [5.74, 6) is 1.81. The molecule has 0 unspecified atom stereocenters. The number of nitrogens with zero attached hydrogens (tertiary/aromatic N) is 5. The summed E-state index contributed by atoms with van der Waals surface area (Å²) >= 11 is 0. The van der Waals surface area contributed by atoms with Crippen molar-refractivity contribution in [2.75, 3.05) is 54.4 Å². The van der Waals surface area contributed by atoms with Crippen LogP contribution in [0.4, 0.5) is 22.2 Å². The number of benzene rings is 1. The van der Waals surface area contributed by atoms with Crippen molar-refractivity contribution in [3.05, 3.63) is 41.1 Å². The number of nitrogens with one attached hydrogen (secondary N) is 1. The van der Waals surface area contributed by atoms with E-state index >= 15 is 0 Å². The van der Waals surface area contributed by atoms with Crippen LogP contribution in [-0.4, -0.2) is 60.2 Å². The Bertz CT molecular complexity index is 885. The standard InChI is InChI=1S/C22H30N6O/c1-16-6-7-19(14-17(16)2)24-22(29)28-12-10-26(11-13-28)20-15-18(3)23-21(25-20)27-8-4-5-9-27/h6-7,14-15H,4-5,8-13H2,1-3H3,(H,24,29). The van der Waals surface area contributed by atoms with Gasteiger partial charge in [-0.15, -0.1) is 0 Å². The second kappa shape index (κ2) is 8.27. The molecule has 2 saturated heterocycles. The molecule has 0 spiro atoms. The smallest absolute Gasteiger partial charge is 0.321 e. The van der Waals surface area contributed by atoms with E-state index in [-0.39, 0.29) is 6.03 Å². The topological polar surface area (TPSA) is 64.6 Å². The van der Waals surface area contributed by atoms with E-state index in [9.17, 15) is 4.79 Å². The SMILES string of the molecule is Cc1cc(N2CCN(C(=O)Nc3ccc(C)c(C)c3)CC2)nc(N2CCCC2)n1. The summed E-state index contributed by atoms with van der Waals surface area (Å²) in [5.41, 5.74) is 4.25.